The van der Waals surface area contributed by atoms with Gasteiger partial charge in [-0.2, -0.15) is 0 Å². The molecule has 8 nitrogen and oxygen atoms in total. The van der Waals surface area contributed by atoms with Crippen molar-refractivity contribution in [3.8, 4) is 5.75 Å². The number of methoxy groups -OCH3 is 1. The lowest BCUT2D eigenvalue weighted by atomic mass is 10.1. The maximum Gasteiger partial charge on any atom is 0.264 e. The lowest BCUT2D eigenvalue weighted by Crippen LogP contribution is -2.52. The topological polar surface area (TPSA) is 96.0 Å². The molecule has 0 aliphatic heterocycles. The Balaban J connectivity index is 2.09. The molecule has 220 valence electrons. The van der Waals surface area contributed by atoms with Crippen LogP contribution >= 0.6 is 23.2 Å². The van der Waals surface area contributed by atoms with E-state index in [2.05, 4.69) is 5.32 Å². The van der Waals surface area contributed by atoms with Gasteiger partial charge in [-0.1, -0.05) is 60.0 Å². The number of anilines is 1. The van der Waals surface area contributed by atoms with E-state index in [1.165, 1.54) is 36.3 Å². The highest BCUT2D eigenvalue weighted by molar-refractivity contribution is 7.92. The van der Waals surface area contributed by atoms with Crippen molar-refractivity contribution in [3.05, 3.63) is 87.9 Å². The second-order valence-electron chi connectivity index (χ2n) is 9.78. The van der Waals surface area contributed by atoms with E-state index in [1.807, 2.05) is 20.8 Å². The number of nitrogens with one attached hydrogen (secondary N) is 1. The van der Waals surface area contributed by atoms with Gasteiger partial charge < -0.3 is 15.0 Å². The minimum absolute atomic E-state index is 0.00950. The van der Waals surface area contributed by atoms with Crippen molar-refractivity contribution >= 4 is 50.7 Å². The summed E-state index contributed by atoms with van der Waals surface area (Å²) in [4.78, 5) is 28.6. The Hall–Kier alpha value is -3.27. The fourth-order valence-corrected chi connectivity index (χ4v) is 5.75. The lowest BCUT2D eigenvalue weighted by molar-refractivity contribution is -0.139. The molecule has 2 amide bonds. The van der Waals surface area contributed by atoms with Crippen LogP contribution in [0.25, 0.3) is 0 Å². The predicted molar refractivity (Wildman–Crippen MR) is 163 cm³/mol. The normalized spacial score (nSPS) is 12.8. The molecule has 0 radical (unpaired) electrons. The van der Waals surface area contributed by atoms with Gasteiger partial charge in [0.2, 0.25) is 11.8 Å². The Morgan fingerprint density at radius 2 is 1.56 bits per heavy atom. The molecule has 2 atom stereocenters. The summed E-state index contributed by atoms with van der Waals surface area (Å²) < 4.78 is 34.5. The maximum atomic E-state index is 14.1. The molecular weight excluding hydrogens is 585 g/mol. The Bertz CT molecular complexity index is 1460. The molecule has 3 rings (SSSR count). The Labute approximate surface area is 252 Å². The van der Waals surface area contributed by atoms with Gasteiger partial charge in [-0.05, 0) is 75.2 Å². The van der Waals surface area contributed by atoms with Gasteiger partial charge in [0.15, 0.2) is 0 Å². The number of amides is 2. The first-order valence-corrected chi connectivity index (χ1v) is 15.3. The fraction of sp³-hybridized carbons (Fsp3) is 0.333. The number of hydrogen-bond acceptors (Lipinski definition) is 5. The van der Waals surface area contributed by atoms with Crippen LogP contribution in [0.3, 0.4) is 0 Å². The smallest absolute Gasteiger partial charge is 0.264 e. The molecule has 0 heterocycles. The zero-order valence-corrected chi connectivity index (χ0v) is 26.1. The Morgan fingerprint density at radius 1 is 0.951 bits per heavy atom. The van der Waals surface area contributed by atoms with Crippen LogP contribution in [0.4, 0.5) is 5.69 Å². The first-order valence-electron chi connectivity index (χ1n) is 13.1. The van der Waals surface area contributed by atoms with Gasteiger partial charge in [0, 0.05) is 22.6 Å². The predicted octanol–water partition coefficient (Wildman–Crippen LogP) is 5.84. The van der Waals surface area contributed by atoms with Crippen molar-refractivity contribution in [2.75, 3.05) is 18.0 Å². The summed E-state index contributed by atoms with van der Waals surface area (Å²) in [6, 6.07) is 16.7. The minimum atomic E-state index is -4.27. The van der Waals surface area contributed by atoms with E-state index in [0.717, 1.165) is 15.4 Å². The molecule has 0 aliphatic rings. The molecule has 0 aliphatic carbocycles. The molecule has 3 aromatic carbocycles. The number of aryl methyl sites for hydroxylation is 1. The monoisotopic (exact) mass is 619 g/mol. The molecule has 1 N–H and O–H groups in total. The summed E-state index contributed by atoms with van der Waals surface area (Å²) in [5, 5.41) is 3.69. The van der Waals surface area contributed by atoms with Crippen LogP contribution in [0.5, 0.6) is 5.75 Å². The summed E-state index contributed by atoms with van der Waals surface area (Å²) in [6.07, 6.45) is 0.709. The number of rotatable bonds is 12. The van der Waals surface area contributed by atoms with Gasteiger partial charge >= 0.3 is 0 Å². The van der Waals surface area contributed by atoms with Crippen molar-refractivity contribution < 1.29 is 22.7 Å². The van der Waals surface area contributed by atoms with Gasteiger partial charge in [-0.15, -0.1) is 0 Å². The van der Waals surface area contributed by atoms with E-state index in [4.69, 9.17) is 27.9 Å². The Kier molecular flexibility index (Phi) is 11.1. The summed E-state index contributed by atoms with van der Waals surface area (Å²) in [7, 11) is -2.86. The second-order valence-corrected chi connectivity index (χ2v) is 12.5. The Morgan fingerprint density at radius 3 is 2.15 bits per heavy atom. The molecule has 0 bridgehead atoms. The van der Waals surface area contributed by atoms with E-state index in [9.17, 15) is 18.0 Å². The highest BCUT2D eigenvalue weighted by Gasteiger charge is 2.34. The number of carbonyl (C=O) groups excluding carboxylic acids is 2. The third-order valence-electron chi connectivity index (χ3n) is 6.73. The van der Waals surface area contributed by atoms with Crippen LogP contribution in [-0.2, 0) is 26.2 Å². The molecule has 0 aromatic heterocycles. The van der Waals surface area contributed by atoms with Crippen molar-refractivity contribution in [1.29, 1.82) is 0 Å². The third kappa shape index (κ3) is 8.15. The van der Waals surface area contributed by atoms with E-state index in [0.29, 0.717) is 11.4 Å². The molecule has 41 heavy (non-hydrogen) atoms. The highest BCUT2D eigenvalue weighted by Crippen LogP contribution is 2.35. The molecule has 0 unspecified atom stereocenters. The first-order chi connectivity index (χ1) is 19.4. The molecule has 11 heteroatoms. The minimum Gasteiger partial charge on any atom is -0.495 e. The van der Waals surface area contributed by atoms with Crippen LogP contribution in [0.2, 0.25) is 10.0 Å². The van der Waals surface area contributed by atoms with Crippen LogP contribution < -0.4 is 14.4 Å². The number of benzene rings is 3. The van der Waals surface area contributed by atoms with Gasteiger partial charge in [-0.3, -0.25) is 13.9 Å². The fourth-order valence-electron chi connectivity index (χ4n) is 4.04. The molecule has 0 fully saturated rings. The second kappa shape index (κ2) is 14.1. The summed E-state index contributed by atoms with van der Waals surface area (Å²) >= 11 is 12.3. The van der Waals surface area contributed by atoms with E-state index in [1.54, 1.807) is 49.4 Å². The summed E-state index contributed by atoms with van der Waals surface area (Å²) in [6.45, 7) is 6.72. The average Bonchev–Trinajstić information content (AvgIpc) is 2.95. The van der Waals surface area contributed by atoms with Crippen molar-refractivity contribution in [2.24, 2.45) is 0 Å². The van der Waals surface area contributed by atoms with Gasteiger partial charge in [0.25, 0.3) is 10.0 Å². The van der Waals surface area contributed by atoms with Crippen LogP contribution in [-0.4, -0.2) is 50.9 Å². The van der Waals surface area contributed by atoms with Crippen molar-refractivity contribution in [3.63, 3.8) is 0 Å². The number of hydrogen-bond donors (Lipinski definition) is 1. The molecule has 0 saturated heterocycles. The summed E-state index contributed by atoms with van der Waals surface area (Å²) in [5.41, 5.74) is 1.69. The number of ether oxygens (including phenoxy) is 1. The zero-order valence-electron chi connectivity index (χ0n) is 23.7. The molecule has 3 aromatic rings. The van der Waals surface area contributed by atoms with Crippen molar-refractivity contribution in [1.82, 2.24) is 10.2 Å². The molecule has 0 spiro atoms. The van der Waals surface area contributed by atoms with Crippen LogP contribution in [0.1, 0.15) is 38.3 Å². The van der Waals surface area contributed by atoms with Crippen LogP contribution in [0, 0.1) is 6.92 Å². The van der Waals surface area contributed by atoms with Gasteiger partial charge in [0.1, 0.15) is 18.3 Å². The van der Waals surface area contributed by atoms with Crippen molar-refractivity contribution in [2.45, 2.75) is 57.6 Å². The van der Waals surface area contributed by atoms with E-state index < -0.39 is 28.5 Å². The highest BCUT2D eigenvalue weighted by atomic mass is 35.5. The zero-order chi connectivity index (χ0) is 30.3. The first kappa shape index (κ1) is 32.2. The number of sulfonamides is 1. The average molecular weight is 621 g/mol. The quantitative estimate of drug-likeness (QED) is 0.275. The van der Waals surface area contributed by atoms with Gasteiger partial charge in [-0.25, -0.2) is 8.42 Å². The number of halogens is 2. The van der Waals surface area contributed by atoms with E-state index in [-0.39, 0.29) is 39.8 Å². The summed E-state index contributed by atoms with van der Waals surface area (Å²) in [5.74, 6) is -0.732. The SMILES string of the molecule is CC[C@H](C)NC(=O)[C@H](C)N(Cc1ccc(Cl)cc1)C(=O)CN(c1cc(Cl)ccc1OC)S(=O)(=O)c1ccc(C)cc1. The largest absolute Gasteiger partial charge is 0.495 e. The van der Waals surface area contributed by atoms with Gasteiger partial charge in [0.05, 0.1) is 17.7 Å². The van der Waals surface area contributed by atoms with Crippen LogP contribution in [0.15, 0.2) is 71.6 Å². The lowest BCUT2D eigenvalue weighted by Gasteiger charge is -2.33. The molecular formula is C30H35Cl2N3O5S. The molecule has 0 saturated carbocycles. The standard InChI is InChI=1S/C30H35Cl2N3O5S/c1-6-21(3)33-30(37)22(4)34(18-23-9-11-24(31)12-10-23)29(36)19-35(27-17-25(32)13-16-28(27)40-5)41(38,39)26-14-7-20(2)8-15-26/h7-17,21-22H,6,18-19H2,1-5H3,(H,33,37)/t21-,22-/m0/s1. The number of carbonyl (C=O) groups is 2. The number of nitrogens with zero attached hydrogens (tertiary/aromatic N) is 2. The van der Waals surface area contributed by atoms with E-state index >= 15 is 0 Å². The third-order valence-corrected chi connectivity index (χ3v) is 8.99. The maximum absolute atomic E-state index is 14.1.